The van der Waals surface area contributed by atoms with Crippen molar-refractivity contribution >= 4 is 16.5 Å². The molecule has 0 aromatic heterocycles. The molecule has 4 heteroatoms. The summed E-state index contributed by atoms with van der Waals surface area (Å²) in [4.78, 5) is 0. The van der Waals surface area contributed by atoms with E-state index in [0.29, 0.717) is 0 Å². The third-order valence-electron chi connectivity index (χ3n) is 3.88. The summed E-state index contributed by atoms with van der Waals surface area (Å²) in [5.41, 5.74) is 1.47. The Bertz CT molecular complexity index is 173. The Morgan fingerprint density at radius 2 is 1.00 bits per heavy atom. The van der Waals surface area contributed by atoms with Crippen LogP contribution in [0.5, 0.6) is 0 Å². The molecule has 0 aliphatic rings. The highest BCUT2D eigenvalue weighted by atomic mass is 28.4. The Morgan fingerprint density at radius 1 is 0.733 bits per heavy atom. The third-order valence-corrected chi connectivity index (χ3v) is 15.6. The van der Waals surface area contributed by atoms with Gasteiger partial charge in [0.1, 0.15) is 16.5 Å². The Hall–Kier alpha value is 0.354. The molecular formula is C11H30N2Si2. The highest BCUT2D eigenvalue weighted by molar-refractivity contribution is 6.92. The van der Waals surface area contributed by atoms with E-state index in [-0.39, 0.29) is 0 Å². The normalized spacial score (nSPS) is 14.0. The lowest BCUT2D eigenvalue weighted by molar-refractivity contribution is 0.520. The molecule has 15 heavy (non-hydrogen) atoms. The van der Waals surface area contributed by atoms with Crippen molar-refractivity contribution in [3.8, 4) is 0 Å². The molecule has 0 heterocycles. The van der Waals surface area contributed by atoms with E-state index in [9.17, 15) is 0 Å². The second-order valence-corrected chi connectivity index (χ2v) is 16.0. The van der Waals surface area contributed by atoms with Crippen LogP contribution in [0.4, 0.5) is 0 Å². The first-order valence-corrected chi connectivity index (χ1v) is 12.4. The predicted octanol–water partition coefficient (Wildman–Crippen LogP) is 2.84. The van der Waals surface area contributed by atoms with Gasteiger partial charge in [0.25, 0.3) is 0 Å². The molecule has 0 N–H and O–H groups in total. The molecule has 0 amide bonds. The molecule has 0 rings (SSSR count). The fourth-order valence-corrected chi connectivity index (χ4v) is 14.5. The van der Waals surface area contributed by atoms with E-state index in [0.717, 1.165) is 0 Å². The predicted molar refractivity (Wildman–Crippen MR) is 76.4 cm³/mol. The first-order chi connectivity index (χ1) is 6.67. The van der Waals surface area contributed by atoms with Crippen LogP contribution in [0.25, 0.3) is 0 Å². The Kier molecular flexibility index (Phi) is 5.75. The third kappa shape index (κ3) is 4.38. The maximum atomic E-state index is 2.60. The standard InChI is InChI=1S/C11H30N2Si2/c1-9-12(3)14(5,6)11-15(7,8)13(4)10-2/h9-11H2,1-8H3. The van der Waals surface area contributed by atoms with Crippen LogP contribution in [0.2, 0.25) is 31.9 Å². The van der Waals surface area contributed by atoms with E-state index in [4.69, 9.17) is 0 Å². The van der Waals surface area contributed by atoms with Gasteiger partial charge in [-0.25, -0.2) is 0 Å². The highest BCUT2D eigenvalue weighted by Gasteiger charge is 2.36. The van der Waals surface area contributed by atoms with E-state index in [1.165, 1.54) is 18.8 Å². The first-order valence-electron chi connectivity index (χ1n) is 6.10. The van der Waals surface area contributed by atoms with Gasteiger partial charge in [-0.1, -0.05) is 40.0 Å². The van der Waals surface area contributed by atoms with Gasteiger partial charge in [0, 0.05) is 0 Å². The van der Waals surface area contributed by atoms with Crippen molar-refractivity contribution in [2.75, 3.05) is 27.2 Å². The van der Waals surface area contributed by atoms with Gasteiger partial charge >= 0.3 is 0 Å². The van der Waals surface area contributed by atoms with E-state index >= 15 is 0 Å². The van der Waals surface area contributed by atoms with Gasteiger partial charge in [-0.05, 0) is 32.9 Å². The summed E-state index contributed by atoms with van der Waals surface area (Å²) in [5, 5.41) is 0. The molecule has 2 nitrogen and oxygen atoms in total. The lowest BCUT2D eigenvalue weighted by Crippen LogP contribution is -2.57. The SMILES string of the molecule is CCN(C)[Si](C)(C)C[Si](C)(C)N(C)CC. The Labute approximate surface area is 98.8 Å². The average Bonchev–Trinajstić information content (AvgIpc) is 2.13. The summed E-state index contributed by atoms with van der Waals surface area (Å²) >= 11 is 0. The molecule has 0 aromatic carbocycles. The molecule has 0 fully saturated rings. The second kappa shape index (κ2) is 5.61. The van der Waals surface area contributed by atoms with Crippen molar-refractivity contribution < 1.29 is 0 Å². The zero-order valence-corrected chi connectivity index (χ0v) is 14.0. The van der Waals surface area contributed by atoms with Crippen LogP contribution in [-0.4, -0.2) is 52.8 Å². The van der Waals surface area contributed by atoms with E-state index in [1.54, 1.807) is 0 Å². The molecular weight excluding hydrogens is 216 g/mol. The largest absolute Gasteiger partial charge is 0.327 e. The van der Waals surface area contributed by atoms with Gasteiger partial charge in [-0.3, -0.25) is 0 Å². The summed E-state index contributed by atoms with van der Waals surface area (Å²) in [6.45, 7) is 17.0. The molecule has 0 spiro atoms. The minimum absolute atomic E-state index is 1.17. The maximum absolute atomic E-state index is 2.60. The van der Waals surface area contributed by atoms with Crippen molar-refractivity contribution in [2.45, 2.75) is 45.7 Å². The van der Waals surface area contributed by atoms with Crippen molar-refractivity contribution in [1.29, 1.82) is 0 Å². The molecule has 0 saturated carbocycles. The Balaban J connectivity index is 4.56. The van der Waals surface area contributed by atoms with Crippen LogP contribution < -0.4 is 0 Å². The molecule has 0 aliphatic heterocycles. The van der Waals surface area contributed by atoms with Crippen molar-refractivity contribution in [3.63, 3.8) is 0 Å². The van der Waals surface area contributed by atoms with E-state index < -0.39 is 16.5 Å². The van der Waals surface area contributed by atoms with Crippen LogP contribution >= 0.6 is 0 Å². The number of hydrogen-bond acceptors (Lipinski definition) is 2. The van der Waals surface area contributed by atoms with Gasteiger partial charge in [-0.2, -0.15) is 0 Å². The summed E-state index contributed by atoms with van der Waals surface area (Å²) in [7, 11) is 2.25. The van der Waals surface area contributed by atoms with Crippen LogP contribution in [0, 0.1) is 0 Å². The zero-order chi connectivity index (χ0) is 12.3. The number of rotatable bonds is 6. The van der Waals surface area contributed by atoms with E-state index in [2.05, 4.69) is 63.3 Å². The van der Waals surface area contributed by atoms with Crippen LogP contribution in [0.15, 0.2) is 0 Å². The van der Waals surface area contributed by atoms with Gasteiger partial charge < -0.3 is 9.13 Å². The van der Waals surface area contributed by atoms with Gasteiger partial charge in [-0.15, -0.1) is 0 Å². The minimum Gasteiger partial charge on any atom is -0.327 e. The lowest BCUT2D eigenvalue weighted by atomic mass is 10.8. The summed E-state index contributed by atoms with van der Waals surface area (Å²) in [6, 6.07) is 0. The summed E-state index contributed by atoms with van der Waals surface area (Å²) < 4.78 is 5.20. The van der Waals surface area contributed by atoms with Crippen molar-refractivity contribution in [1.82, 2.24) is 9.13 Å². The summed E-state index contributed by atoms with van der Waals surface area (Å²) in [6.07, 6.45) is 0. The van der Waals surface area contributed by atoms with Gasteiger partial charge in [0.05, 0.1) is 0 Å². The number of nitrogens with zero attached hydrogens (tertiary/aromatic N) is 2. The zero-order valence-electron chi connectivity index (χ0n) is 12.0. The van der Waals surface area contributed by atoms with Gasteiger partial charge in [0.15, 0.2) is 0 Å². The molecule has 92 valence electrons. The van der Waals surface area contributed by atoms with Crippen molar-refractivity contribution in [3.05, 3.63) is 0 Å². The van der Waals surface area contributed by atoms with Crippen LogP contribution in [0.1, 0.15) is 13.8 Å². The van der Waals surface area contributed by atoms with Crippen LogP contribution in [0.3, 0.4) is 0 Å². The molecule has 0 unspecified atom stereocenters. The van der Waals surface area contributed by atoms with Crippen molar-refractivity contribution in [2.24, 2.45) is 0 Å². The number of hydrogen-bond donors (Lipinski definition) is 0. The summed E-state index contributed by atoms with van der Waals surface area (Å²) in [5.74, 6) is 0. The average molecular weight is 247 g/mol. The molecule has 0 atom stereocenters. The topological polar surface area (TPSA) is 6.48 Å². The quantitative estimate of drug-likeness (QED) is 0.665. The maximum Gasteiger partial charge on any atom is 0.120 e. The lowest BCUT2D eigenvalue weighted by Gasteiger charge is -2.42. The fraction of sp³-hybridized carbons (Fsp3) is 1.00. The van der Waals surface area contributed by atoms with Crippen LogP contribution in [-0.2, 0) is 0 Å². The second-order valence-electron chi connectivity index (χ2n) is 5.83. The Morgan fingerprint density at radius 3 is 1.20 bits per heavy atom. The van der Waals surface area contributed by atoms with Gasteiger partial charge in [0.2, 0.25) is 0 Å². The molecule has 0 saturated heterocycles. The molecule has 0 aromatic rings. The molecule has 0 radical (unpaired) electrons. The monoisotopic (exact) mass is 246 g/mol. The minimum atomic E-state index is -1.17. The molecule has 0 aliphatic carbocycles. The molecule has 0 bridgehead atoms. The highest BCUT2D eigenvalue weighted by Crippen LogP contribution is 2.23. The fourth-order valence-electron chi connectivity index (χ4n) is 2.18. The smallest absolute Gasteiger partial charge is 0.120 e. The van der Waals surface area contributed by atoms with E-state index in [1.807, 2.05) is 0 Å². The first kappa shape index (κ1) is 15.4.